The molecule has 1 aromatic carbocycles. The van der Waals surface area contributed by atoms with Gasteiger partial charge in [-0.05, 0) is 23.1 Å². The van der Waals surface area contributed by atoms with Gasteiger partial charge >= 0.3 is 6.03 Å². The average molecular weight is 250 g/mol. The van der Waals surface area contributed by atoms with Crippen LogP contribution in [0.3, 0.4) is 0 Å². The highest BCUT2D eigenvalue weighted by Gasteiger charge is 2.11. The van der Waals surface area contributed by atoms with Crippen molar-refractivity contribution in [2.75, 3.05) is 13.7 Å². The molecule has 0 radical (unpaired) electrons. The minimum atomic E-state index is -0.146. The van der Waals surface area contributed by atoms with Gasteiger partial charge in [-0.1, -0.05) is 32.9 Å². The van der Waals surface area contributed by atoms with Gasteiger partial charge in [-0.3, -0.25) is 0 Å². The van der Waals surface area contributed by atoms with Crippen LogP contribution in [0.2, 0.25) is 0 Å². The first-order chi connectivity index (χ1) is 8.40. The smallest absolute Gasteiger partial charge is 0.315 e. The predicted octanol–water partition coefficient (Wildman–Crippen LogP) is 2.54. The Morgan fingerprint density at radius 3 is 2.61 bits per heavy atom. The molecular weight excluding hydrogens is 228 g/mol. The summed E-state index contributed by atoms with van der Waals surface area (Å²) in [6.45, 7) is 7.38. The second-order valence-corrected chi connectivity index (χ2v) is 5.45. The van der Waals surface area contributed by atoms with Gasteiger partial charge < -0.3 is 15.4 Å². The Balaban J connectivity index is 2.38. The van der Waals surface area contributed by atoms with E-state index in [0.717, 1.165) is 11.3 Å². The van der Waals surface area contributed by atoms with Crippen LogP contribution in [-0.4, -0.2) is 19.7 Å². The second kappa shape index (κ2) is 6.28. The summed E-state index contributed by atoms with van der Waals surface area (Å²) in [5.74, 6) is 0.796. The number of amides is 2. The molecule has 2 N–H and O–H groups in total. The Labute approximate surface area is 109 Å². The van der Waals surface area contributed by atoms with E-state index in [2.05, 4.69) is 31.4 Å². The van der Waals surface area contributed by atoms with Crippen LogP contribution < -0.4 is 15.4 Å². The first-order valence-electron chi connectivity index (χ1n) is 6.05. The van der Waals surface area contributed by atoms with E-state index < -0.39 is 0 Å². The van der Waals surface area contributed by atoms with Gasteiger partial charge in [-0.2, -0.15) is 0 Å². The van der Waals surface area contributed by atoms with Crippen LogP contribution in [0.15, 0.2) is 24.3 Å². The largest absolute Gasteiger partial charge is 0.497 e. The predicted molar refractivity (Wildman–Crippen MR) is 72.7 cm³/mol. The fourth-order valence-corrected chi connectivity index (χ4v) is 1.37. The highest BCUT2D eigenvalue weighted by atomic mass is 16.5. The van der Waals surface area contributed by atoms with Gasteiger partial charge in [0.05, 0.1) is 7.11 Å². The standard InChI is InChI=1S/C14H22N2O2/c1-14(2,3)10-16-13(17)15-9-11-6-5-7-12(8-11)18-4/h5-8H,9-10H2,1-4H3,(H2,15,16,17). The van der Waals surface area contributed by atoms with Gasteiger partial charge in [-0.15, -0.1) is 0 Å². The molecule has 0 atom stereocenters. The third-order valence-corrected chi connectivity index (χ3v) is 2.37. The van der Waals surface area contributed by atoms with Crippen LogP contribution in [-0.2, 0) is 6.54 Å². The number of nitrogens with one attached hydrogen (secondary N) is 2. The molecule has 100 valence electrons. The number of benzene rings is 1. The first kappa shape index (κ1) is 14.4. The molecule has 0 aliphatic rings. The van der Waals surface area contributed by atoms with Gasteiger partial charge in [-0.25, -0.2) is 4.79 Å². The summed E-state index contributed by atoms with van der Waals surface area (Å²) in [5.41, 5.74) is 1.10. The zero-order valence-electron chi connectivity index (χ0n) is 11.5. The number of hydrogen-bond acceptors (Lipinski definition) is 2. The lowest BCUT2D eigenvalue weighted by molar-refractivity contribution is 0.235. The van der Waals surface area contributed by atoms with Crippen LogP contribution in [0, 0.1) is 5.41 Å². The lowest BCUT2D eigenvalue weighted by Crippen LogP contribution is -2.39. The van der Waals surface area contributed by atoms with Crippen molar-refractivity contribution in [3.63, 3.8) is 0 Å². The molecule has 18 heavy (non-hydrogen) atoms. The van der Waals surface area contributed by atoms with Crippen LogP contribution in [0.5, 0.6) is 5.75 Å². The van der Waals surface area contributed by atoms with Crippen molar-refractivity contribution >= 4 is 6.03 Å². The van der Waals surface area contributed by atoms with Crippen LogP contribution in [0.1, 0.15) is 26.3 Å². The Kier molecular flexibility index (Phi) is 5.01. The van der Waals surface area contributed by atoms with E-state index in [0.29, 0.717) is 13.1 Å². The molecule has 1 rings (SSSR count). The molecule has 0 bridgehead atoms. The molecule has 0 aliphatic heterocycles. The van der Waals surface area contributed by atoms with Crippen molar-refractivity contribution < 1.29 is 9.53 Å². The minimum absolute atomic E-state index is 0.0906. The topological polar surface area (TPSA) is 50.4 Å². The van der Waals surface area contributed by atoms with E-state index in [-0.39, 0.29) is 11.4 Å². The Bertz CT molecular complexity index is 397. The van der Waals surface area contributed by atoms with Crippen molar-refractivity contribution in [2.45, 2.75) is 27.3 Å². The molecule has 4 nitrogen and oxygen atoms in total. The molecule has 0 fully saturated rings. The molecule has 4 heteroatoms. The van der Waals surface area contributed by atoms with E-state index in [4.69, 9.17) is 4.74 Å². The van der Waals surface area contributed by atoms with Crippen molar-refractivity contribution in [1.29, 1.82) is 0 Å². The minimum Gasteiger partial charge on any atom is -0.497 e. The van der Waals surface area contributed by atoms with Crippen molar-refractivity contribution in [3.05, 3.63) is 29.8 Å². The zero-order chi connectivity index (χ0) is 13.6. The zero-order valence-corrected chi connectivity index (χ0v) is 11.5. The molecular formula is C14H22N2O2. The second-order valence-electron chi connectivity index (χ2n) is 5.45. The molecule has 1 aromatic rings. The van der Waals surface area contributed by atoms with Crippen LogP contribution in [0.4, 0.5) is 4.79 Å². The third-order valence-electron chi connectivity index (χ3n) is 2.37. The molecule has 0 spiro atoms. The van der Waals surface area contributed by atoms with E-state index in [1.54, 1.807) is 7.11 Å². The molecule has 2 amide bonds. The van der Waals surface area contributed by atoms with E-state index in [1.165, 1.54) is 0 Å². The number of ether oxygens (including phenoxy) is 1. The summed E-state index contributed by atoms with van der Waals surface area (Å²) in [4.78, 5) is 11.6. The number of carbonyl (C=O) groups is 1. The van der Waals surface area contributed by atoms with Crippen molar-refractivity contribution in [3.8, 4) is 5.75 Å². The quantitative estimate of drug-likeness (QED) is 0.862. The maximum atomic E-state index is 11.6. The number of rotatable bonds is 4. The average Bonchev–Trinajstić information content (AvgIpc) is 2.33. The van der Waals surface area contributed by atoms with Gasteiger partial charge in [0.25, 0.3) is 0 Å². The SMILES string of the molecule is COc1cccc(CNC(=O)NCC(C)(C)C)c1. The lowest BCUT2D eigenvalue weighted by atomic mass is 9.97. The number of carbonyl (C=O) groups excluding carboxylic acids is 1. The lowest BCUT2D eigenvalue weighted by Gasteiger charge is -2.18. The Hall–Kier alpha value is -1.71. The normalized spacial score (nSPS) is 10.9. The van der Waals surface area contributed by atoms with Gasteiger partial charge in [0, 0.05) is 13.1 Å². The maximum Gasteiger partial charge on any atom is 0.315 e. The van der Waals surface area contributed by atoms with Crippen LogP contribution in [0.25, 0.3) is 0 Å². The van der Waals surface area contributed by atoms with Crippen molar-refractivity contribution in [2.24, 2.45) is 5.41 Å². The Morgan fingerprint density at radius 2 is 2.00 bits per heavy atom. The molecule has 0 unspecified atom stereocenters. The summed E-state index contributed by atoms with van der Waals surface area (Å²) in [7, 11) is 1.63. The first-order valence-corrected chi connectivity index (χ1v) is 6.05. The highest BCUT2D eigenvalue weighted by molar-refractivity contribution is 5.73. The molecule has 0 aromatic heterocycles. The third kappa shape index (κ3) is 5.57. The molecule has 0 saturated carbocycles. The van der Waals surface area contributed by atoms with Crippen LogP contribution >= 0.6 is 0 Å². The monoisotopic (exact) mass is 250 g/mol. The number of methoxy groups -OCH3 is 1. The van der Waals surface area contributed by atoms with E-state index in [9.17, 15) is 4.79 Å². The van der Waals surface area contributed by atoms with Gasteiger partial charge in [0.1, 0.15) is 5.75 Å². The van der Waals surface area contributed by atoms with E-state index >= 15 is 0 Å². The summed E-state index contributed by atoms with van der Waals surface area (Å²) in [5, 5.41) is 5.66. The fourth-order valence-electron chi connectivity index (χ4n) is 1.37. The summed E-state index contributed by atoms with van der Waals surface area (Å²) >= 11 is 0. The number of urea groups is 1. The highest BCUT2D eigenvalue weighted by Crippen LogP contribution is 2.12. The fraction of sp³-hybridized carbons (Fsp3) is 0.500. The van der Waals surface area contributed by atoms with Gasteiger partial charge in [0.2, 0.25) is 0 Å². The molecule has 0 aliphatic carbocycles. The summed E-state index contributed by atoms with van der Waals surface area (Å²) < 4.78 is 5.13. The summed E-state index contributed by atoms with van der Waals surface area (Å²) in [6, 6.07) is 7.50. The van der Waals surface area contributed by atoms with Crippen molar-refractivity contribution in [1.82, 2.24) is 10.6 Å². The summed E-state index contributed by atoms with van der Waals surface area (Å²) in [6.07, 6.45) is 0. The Morgan fingerprint density at radius 1 is 1.28 bits per heavy atom. The maximum absolute atomic E-state index is 11.6. The molecule has 0 saturated heterocycles. The van der Waals surface area contributed by atoms with Gasteiger partial charge in [0.15, 0.2) is 0 Å². The molecule has 0 heterocycles. The number of hydrogen-bond donors (Lipinski definition) is 2. The van der Waals surface area contributed by atoms with E-state index in [1.807, 2.05) is 24.3 Å².